The van der Waals surface area contributed by atoms with Gasteiger partial charge in [0, 0.05) is 18.1 Å². The molecule has 0 aromatic carbocycles. The standard InChI is InChI=1S/C18H18N4OS/c1-11(2)10-22-18-13(12(3)21-22)8-16(24-18)17(23)14(9-19)15-6-4-5-7-20-15/h4-8,11,14H,10H2,1-3H3/t14-/m1/s1. The van der Waals surface area contributed by atoms with Crippen LogP contribution in [-0.2, 0) is 6.54 Å². The first-order chi connectivity index (χ1) is 11.5. The number of aryl methyl sites for hydroxylation is 1. The number of hydrogen-bond acceptors (Lipinski definition) is 5. The van der Waals surface area contributed by atoms with E-state index in [1.165, 1.54) is 11.3 Å². The van der Waals surface area contributed by atoms with Crippen molar-refractivity contribution in [2.75, 3.05) is 0 Å². The van der Waals surface area contributed by atoms with Crippen molar-refractivity contribution in [2.24, 2.45) is 5.92 Å². The maximum atomic E-state index is 12.8. The van der Waals surface area contributed by atoms with E-state index in [9.17, 15) is 10.1 Å². The minimum absolute atomic E-state index is 0.201. The van der Waals surface area contributed by atoms with Gasteiger partial charge in [0.25, 0.3) is 0 Å². The smallest absolute Gasteiger partial charge is 0.196 e. The summed E-state index contributed by atoms with van der Waals surface area (Å²) >= 11 is 1.41. The second-order valence-electron chi connectivity index (χ2n) is 6.17. The molecule has 0 aliphatic rings. The van der Waals surface area contributed by atoms with Crippen molar-refractivity contribution in [3.63, 3.8) is 0 Å². The molecule has 0 amide bonds. The summed E-state index contributed by atoms with van der Waals surface area (Å²) in [4.78, 5) is 18.5. The van der Waals surface area contributed by atoms with E-state index in [-0.39, 0.29) is 5.78 Å². The Bertz CT molecular complexity index is 918. The number of pyridine rings is 1. The van der Waals surface area contributed by atoms with Gasteiger partial charge in [0.1, 0.15) is 4.83 Å². The third-order valence-electron chi connectivity index (χ3n) is 3.76. The van der Waals surface area contributed by atoms with Gasteiger partial charge in [-0.1, -0.05) is 19.9 Å². The molecule has 3 rings (SSSR count). The first-order valence-electron chi connectivity index (χ1n) is 7.83. The zero-order valence-electron chi connectivity index (χ0n) is 13.9. The van der Waals surface area contributed by atoms with Gasteiger partial charge in [-0.05, 0) is 31.0 Å². The molecule has 3 heterocycles. The van der Waals surface area contributed by atoms with Gasteiger partial charge in [-0.3, -0.25) is 14.5 Å². The number of ketones is 1. The Balaban J connectivity index is 2.00. The summed E-state index contributed by atoms with van der Waals surface area (Å²) in [5.41, 5.74) is 1.40. The van der Waals surface area contributed by atoms with E-state index in [4.69, 9.17) is 0 Å². The molecule has 1 atom stereocenters. The molecular weight excluding hydrogens is 320 g/mol. The summed E-state index contributed by atoms with van der Waals surface area (Å²) in [6, 6.07) is 9.21. The number of nitrogens with zero attached hydrogens (tertiary/aromatic N) is 4. The summed E-state index contributed by atoms with van der Waals surface area (Å²) in [7, 11) is 0. The van der Waals surface area contributed by atoms with Crippen LogP contribution in [0.4, 0.5) is 0 Å². The van der Waals surface area contributed by atoms with Crippen LogP contribution in [0, 0.1) is 24.2 Å². The minimum atomic E-state index is -0.874. The average Bonchev–Trinajstić information content (AvgIpc) is 3.11. The molecule has 0 bridgehead atoms. The molecule has 0 saturated carbocycles. The highest BCUT2D eigenvalue weighted by molar-refractivity contribution is 7.20. The Morgan fingerprint density at radius 3 is 2.83 bits per heavy atom. The summed E-state index contributed by atoms with van der Waals surface area (Å²) in [6.45, 7) is 7.02. The summed E-state index contributed by atoms with van der Waals surface area (Å²) in [6.07, 6.45) is 1.60. The lowest BCUT2D eigenvalue weighted by Crippen LogP contribution is -2.11. The van der Waals surface area contributed by atoms with E-state index in [0.717, 1.165) is 22.5 Å². The molecule has 0 spiro atoms. The van der Waals surface area contributed by atoms with Crippen LogP contribution >= 0.6 is 11.3 Å². The Kier molecular flexibility index (Phi) is 4.45. The topological polar surface area (TPSA) is 71.6 Å². The van der Waals surface area contributed by atoms with Gasteiger partial charge >= 0.3 is 0 Å². The Labute approximate surface area is 144 Å². The van der Waals surface area contributed by atoms with Crippen molar-refractivity contribution < 1.29 is 4.79 Å². The average molecular weight is 338 g/mol. The molecule has 0 radical (unpaired) electrons. The van der Waals surface area contributed by atoms with Gasteiger partial charge in [0.15, 0.2) is 11.7 Å². The number of aromatic nitrogens is 3. The summed E-state index contributed by atoms with van der Waals surface area (Å²) in [5.74, 6) is -0.609. The van der Waals surface area contributed by atoms with Crippen LogP contribution in [0.15, 0.2) is 30.5 Å². The van der Waals surface area contributed by atoms with E-state index in [1.807, 2.05) is 17.7 Å². The van der Waals surface area contributed by atoms with Crippen molar-refractivity contribution in [3.05, 3.63) is 46.7 Å². The molecule has 0 saturated heterocycles. The van der Waals surface area contributed by atoms with Crippen LogP contribution in [0.2, 0.25) is 0 Å². The van der Waals surface area contributed by atoms with Gasteiger partial charge in [-0.15, -0.1) is 11.3 Å². The molecule has 5 nitrogen and oxygen atoms in total. The minimum Gasteiger partial charge on any atom is -0.291 e. The lowest BCUT2D eigenvalue weighted by Gasteiger charge is -2.06. The normalized spacial score (nSPS) is 12.5. The highest BCUT2D eigenvalue weighted by atomic mass is 32.1. The highest BCUT2D eigenvalue weighted by Crippen LogP contribution is 2.31. The fourth-order valence-corrected chi connectivity index (χ4v) is 3.79. The zero-order chi connectivity index (χ0) is 17.3. The number of nitriles is 1. The lowest BCUT2D eigenvalue weighted by atomic mass is 10.00. The predicted molar refractivity (Wildman–Crippen MR) is 94.1 cm³/mol. The van der Waals surface area contributed by atoms with E-state index < -0.39 is 5.92 Å². The number of hydrogen-bond donors (Lipinski definition) is 0. The molecule has 3 aromatic heterocycles. The SMILES string of the molecule is Cc1nn(CC(C)C)c2sc(C(=O)[C@H](C#N)c3ccccn3)cc12. The Morgan fingerprint density at radius 1 is 1.42 bits per heavy atom. The molecule has 122 valence electrons. The maximum absolute atomic E-state index is 12.8. The molecule has 6 heteroatoms. The molecule has 0 aliphatic carbocycles. The molecule has 24 heavy (non-hydrogen) atoms. The van der Waals surface area contributed by atoms with Gasteiger partial charge < -0.3 is 0 Å². The molecular formula is C18H18N4OS. The second-order valence-corrected chi connectivity index (χ2v) is 7.20. The number of rotatable bonds is 5. The van der Waals surface area contributed by atoms with Crippen molar-refractivity contribution >= 4 is 27.3 Å². The number of fused-ring (bicyclic) bond motifs is 1. The molecule has 0 unspecified atom stereocenters. The number of carbonyl (C=O) groups is 1. The number of Topliss-reactive ketones (excluding diaryl/α,β-unsaturated/α-hetero) is 1. The number of thiophene rings is 1. The Morgan fingerprint density at radius 2 is 2.21 bits per heavy atom. The predicted octanol–water partition coefficient (Wildman–Crippen LogP) is 3.95. The van der Waals surface area contributed by atoms with Gasteiger partial charge in [0.05, 0.1) is 22.3 Å². The second kappa shape index (κ2) is 6.54. The van der Waals surface area contributed by atoms with E-state index in [2.05, 4.69) is 30.0 Å². The van der Waals surface area contributed by atoms with Crippen molar-refractivity contribution in [1.82, 2.24) is 14.8 Å². The first kappa shape index (κ1) is 16.3. The summed E-state index contributed by atoms with van der Waals surface area (Å²) in [5, 5.41) is 15.0. The van der Waals surface area contributed by atoms with Gasteiger partial charge in [-0.2, -0.15) is 10.4 Å². The van der Waals surface area contributed by atoms with Crippen LogP contribution in [0.25, 0.3) is 10.2 Å². The molecule has 0 fully saturated rings. The first-order valence-corrected chi connectivity index (χ1v) is 8.64. The van der Waals surface area contributed by atoms with E-state index in [0.29, 0.717) is 16.5 Å². The number of carbonyl (C=O) groups excluding carboxylic acids is 1. The third kappa shape index (κ3) is 2.95. The van der Waals surface area contributed by atoms with E-state index >= 15 is 0 Å². The van der Waals surface area contributed by atoms with Crippen LogP contribution in [0.3, 0.4) is 0 Å². The molecule has 0 N–H and O–H groups in total. The molecule has 3 aromatic rings. The Hall–Kier alpha value is -2.52. The van der Waals surface area contributed by atoms with Crippen molar-refractivity contribution in [2.45, 2.75) is 33.2 Å². The largest absolute Gasteiger partial charge is 0.291 e. The van der Waals surface area contributed by atoms with Crippen LogP contribution in [0.1, 0.15) is 40.8 Å². The third-order valence-corrected chi connectivity index (χ3v) is 4.93. The van der Waals surface area contributed by atoms with Crippen LogP contribution in [-0.4, -0.2) is 20.5 Å². The maximum Gasteiger partial charge on any atom is 0.196 e. The monoisotopic (exact) mass is 338 g/mol. The fraction of sp³-hybridized carbons (Fsp3) is 0.333. The fourth-order valence-electron chi connectivity index (χ4n) is 2.65. The zero-order valence-corrected chi connectivity index (χ0v) is 14.7. The van der Waals surface area contributed by atoms with Crippen LogP contribution in [0.5, 0.6) is 0 Å². The van der Waals surface area contributed by atoms with Crippen molar-refractivity contribution in [1.29, 1.82) is 5.26 Å². The van der Waals surface area contributed by atoms with Gasteiger partial charge in [0.2, 0.25) is 0 Å². The van der Waals surface area contributed by atoms with Crippen molar-refractivity contribution in [3.8, 4) is 6.07 Å². The van der Waals surface area contributed by atoms with E-state index in [1.54, 1.807) is 24.4 Å². The van der Waals surface area contributed by atoms with Crippen LogP contribution < -0.4 is 0 Å². The highest BCUT2D eigenvalue weighted by Gasteiger charge is 2.26. The quantitative estimate of drug-likeness (QED) is 0.660. The lowest BCUT2D eigenvalue weighted by molar-refractivity contribution is 0.0981. The van der Waals surface area contributed by atoms with Gasteiger partial charge in [-0.25, -0.2) is 0 Å². The summed E-state index contributed by atoms with van der Waals surface area (Å²) < 4.78 is 1.96. The molecule has 0 aliphatic heterocycles.